The second kappa shape index (κ2) is 7.87. The van der Waals surface area contributed by atoms with Gasteiger partial charge in [-0.1, -0.05) is 30.4 Å². The zero-order chi connectivity index (χ0) is 14.1. The highest BCUT2D eigenvalue weighted by molar-refractivity contribution is 5.94. The van der Waals surface area contributed by atoms with Gasteiger partial charge in [0.2, 0.25) is 5.91 Å². The Labute approximate surface area is 113 Å². The van der Waals surface area contributed by atoms with E-state index in [1.54, 1.807) is 31.3 Å². The Morgan fingerprint density at radius 1 is 1.16 bits per heavy atom. The topological polar surface area (TPSA) is 58.2 Å². The maximum Gasteiger partial charge on any atom is 0.251 e. The molecule has 4 nitrogen and oxygen atoms in total. The Balaban J connectivity index is 2.50. The molecule has 0 bridgehead atoms. The lowest BCUT2D eigenvalue weighted by Crippen LogP contribution is -2.20. The van der Waals surface area contributed by atoms with Crippen LogP contribution in [-0.2, 0) is 11.3 Å². The molecular weight excluding hydrogens is 240 g/mol. The predicted octanol–water partition coefficient (Wildman–Crippen LogP) is 1.79. The van der Waals surface area contributed by atoms with Crippen LogP contribution in [0.25, 0.3) is 0 Å². The second-order valence-electron chi connectivity index (χ2n) is 3.88. The highest BCUT2D eigenvalue weighted by Crippen LogP contribution is 2.04. The molecule has 100 valence electrons. The minimum absolute atomic E-state index is 0.120. The molecule has 2 N–H and O–H groups in total. The van der Waals surface area contributed by atoms with Gasteiger partial charge in [-0.25, -0.2) is 0 Å². The molecule has 0 spiro atoms. The summed E-state index contributed by atoms with van der Waals surface area (Å²) in [5, 5.41) is 5.32. The van der Waals surface area contributed by atoms with Crippen LogP contribution in [0.1, 0.15) is 22.8 Å². The van der Waals surface area contributed by atoms with Gasteiger partial charge < -0.3 is 10.6 Å². The number of rotatable bonds is 5. The largest absolute Gasteiger partial charge is 0.355 e. The van der Waals surface area contributed by atoms with Crippen LogP contribution >= 0.6 is 0 Å². The van der Waals surface area contributed by atoms with E-state index in [0.717, 1.165) is 5.56 Å². The third-order valence-electron chi connectivity index (χ3n) is 2.46. The van der Waals surface area contributed by atoms with Crippen molar-refractivity contribution in [3.05, 3.63) is 59.7 Å². The summed E-state index contributed by atoms with van der Waals surface area (Å²) in [6.45, 7) is 2.32. The Bertz CT molecular complexity index is 487. The average Bonchev–Trinajstić information content (AvgIpc) is 2.45. The van der Waals surface area contributed by atoms with E-state index in [1.807, 2.05) is 25.1 Å². The lowest BCUT2D eigenvalue weighted by molar-refractivity contribution is -0.116. The van der Waals surface area contributed by atoms with E-state index in [0.29, 0.717) is 12.1 Å². The van der Waals surface area contributed by atoms with Crippen LogP contribution in [0, 0.1) is 0 Å². The number of allylic oxidation sites excluding steroid dienone is 3. The zero-order valence-corrected chi connectivity index (χ0v) is 11.1. The minimum Gasteiger partial charge on any atom is -0.355 e. The van der Waals surface area contributed by atoms with Gasteiger partial charge in [0.25, 0.3) is 5.91 Å². The summed E-state index contributed by atoms with van der Waals surface area (Å²) in [6, 6.07) is 7.10. The molecule has 2 amide bonds. The van der Waals surface area contributed by atoms with Crippen molar-refractivity contribution in [2.24, 2.45) is 0 Å². The predicted molar refractivity (Wildman–Crippen MR) is 75.6 cm³/mol. The van der Waals surface area contributed by atoms with E-state index >= 15 is 0 Å². The first-order valence-corrected chi connectivity index (χ1v) is 6.05. The van der Waals surface area contributed by atoms with Crippen LogP contribution in [0.2, 0.25) is 0 Å². The molecule has 0 aromatic heterocycles. The standard InChI is InChI=1S/C15H18N2O2/c1-3-4-5-6-14(18)17-11-12-7-9-13(10-8-12)15(19)16-2/h3-10H,11H2,1-2H3,(H,16,19)(H,17,18)/b4-3+,6-5-. The zero-order valence-electron chi connectivity index (χ0n) is 11.1. The average molecular weight is 258 g/mol. The summed E-state index contributed by atoms with van der Waals surface area (Å²) >= 11 is 0. The van der Waals surface area contributed by atoms with E-state index in [1.165, 1.54) is 6.08 Å². The molecule has 0 radical (unpaired) electrons. The quantitative estimate of drug-likeness (QED) is 0.625. The molecular formula is C15H18N2O2. The monoisotopic (exact) mass is 258 g/mol. The first-order chi connectivity index (χ1) is 9.17. The first-order valence-electron chi connectivity index (χ1n) is 6.05. The SMILES string of the molecule is C/C=C/C=C\C(=O)NCc1ccc(C(=O)NC)cc1. The van der Waals surface area contributed by atoms with Crippen molar-refractivity contribution < 1.29 is 9.59 Å². The number of amides is 2. The van der Waals surface area contributed by atoms with Gasteiger partial charge in [0, 0.05) is 25.2 Å². The molecule has 1 rings (SSSR count). The summed E-state index contributed by atoms with van der Waals surface area (Å²) < 4.78 is 0. The number of carbonyl (C=O) groups excluding carboxylic acids is 2. The molecule has 1 aromatic rings. The number of carbonyl (C=O) groups is 2. The molecule has 0 aliphatic carbocycles. The molecule has 0 unspecified atom stereocenters. The number of nitrogens with one attached hydrogen (secondary N) is 2. The van der Waals surface area contributed by atoms with Crippen LogP contribution in [0.3, 0.4) is 0 Å². The van der Waals surface area contributed by atoms with Gasteiger partial charge in [-0.15, -0.1) is 0 Å². The first kappa shape index (κ1) is 14.7. The molecule has 0 saturated heterocycles. The smallest absolute Gasteiger partial charge is 0.251 e. The summed E-state index contributed by atoms with van der Waals surface area (Å²) in [5.41, 5.74) is 1.55. The third-order valence-corrected chi connectivity index (χ3v) is 2.46. The molecule has 0 aliphatic heterocycles. The maximum atomic E-state index is 11.4. The van der Waals surface area contributed by atoms with E-state index in [4.69, 9.17) is 0 Å². The molecule has 4 heteroatoms. The van der Waals surface area contributed by atoms with E-state index in [9.17, 15) is 9.59 Å². The van der Waals surface area contributed by atoms with Crippen molar-refractivity contribution in [2.45, 2.75) is 13.5 Å². The molecule has 0 atom stereocenters. The Kier molecular flexibility index (Phi) is 6.09. The molecule has 0 fully saturated rings. The fourth-order valence-corrected chi connectivity index (χ4v) is 1.42. The highest BCUT2D eigenvalue weighted by Gasteiger charge is 2.02. The van der Waals surface area contributed by atoms with Crippen LogP contribution in [-0.4, -0.2) is 18.9 Å². The molecule has 0 heterocycles. The van der Waals surface area contributed by atoms with Gasteiger partial charge in [-0.05, 0) is 24.6 Å². The van der Waals surface area contributed by atoms with Gasteiger partial charge in [-0.2, -0.15) is 0 Å². The highest BCUT2D eigenvalue weighted by atomic mass is 16.2. The number of hydrogen-bond acceptors (Lipinski definition) is 2. The maximum absolute atomic E-state index is 11.4. The number of benzene rings is 1. The third kappa shape index (κ3) is 5.21. The van der Waals surface area contributed by atoms with Crippen molar-refractivity contribution in [1.29, 1.82) is 0 Å². The van der Waals surface area contributed by atoms with Gasteiger partial charge in [0.15, 0.2) is 0 Å². The normalized spacial score (nSPS) is 10.8. The lowest BCUT2D eigenvalue weighted by atomic mass is 10.1. The van der Waals surface area contributed by atoms with Gasteiger partial charge in [0.05, 0.1) is 0 Å². The molecule has 19 heavy (non-hydrogen) atoms. The second-order valence-corrected chi connectivity index (χ2v) is 3.88. The van der Waals surface area contributed by atoms with Crippen molar-refractivity contribution in [3.8, 4) is 0 Å². The van der Waals surface area contributed by atoms with E-state index < -0.39 is 0 Å². The van der Waals surface area contributed by atoms with Crippen LogP contribution in [0.5, 0.6) is 0 Å². The molecule has 0 saturated carbocycles. The Hall–Kier alpha value is -2.36. The van der Waals surface area contributed by atoms with E-state index in [-0.39, 0.29) is 11.8 Å². The fraction of sp³-hybridized carbons (Fsp3) is 0.200. The van der Waals surface area contributed by atoms with Gasteiger partial charge in [-0.3, -0.25) is 9.59 Å². The van der Waals surface area contributed by atoms with Crippen molar-refractivity contribution >= 4 is 11.8 Å². The lowest BCUT2D eigenvalue weighted by Gasteiger charge is -2.04. The minimum atomic E-state index is -0.145. The van der Waals surface area contributed by atoms with E-state index in [2.05, 4.69) is 10.6 Å². The number of hydrogen-bond donors (Lipinski definition) is 2. The fourth-order valence-electron chi connectivity index (χ4n) is 1.42. The van der Waals surface area contributed by atoms with Gasteiger partial charge in [0.1, 0.15) is 0 Å². The molecule has 0 aliphatic rings. The summed E-state index contributed by atoms with van der Waals surface area (Å²) in [7, 11) is 1.59. The Morgan fingerprint density at radius 3 is 2.42 bits per heavy atom. The summed E-state index contributed by atoms with van der Waals surface area (Å²) in [5.74, 6) is -0.265. The van der Waals surface area contributed by atoms with Crippen LogP contribution in [0.4, 0.5) is 0 Å². The van der Waals surface area contributed by atoms with Crippen LogP contribution in [0.15, 0.2) is 48.6 Å². The van der Waals surface area contributed by atoms with Crippen molar-refractivity contribution in [3.63, 3.8) is 0 Å². The van der Waals surface area contributed by atoms with Crippen molar-refractivity contribution in [1.82, 2.24) is 10.6 Å². The summed E-state index contributed by atoms with van der Waals surface area (Å²) in [4.78, 5) is 22.8. The summed E-state index contributed by atoms with van der Waals surface area (Å²) in [6.07, 6.45) is 6.79. The Morgan fingerprint density at radius 2 is 1.84 bits per heavy atom. The van der Waals surface area contributed by atoms with Crippen molar-refractivity contribution in [2.75, 3.05) is 7.05 Å². The van der Waals surface area contributed by atoms with Gasteiger partial charge >= 0.3 is 0 Å². The van der Waals surface area contributed by atoms with Crippen LogP contribution < -0.4 is 10.6 Å². The molecule has 1 aromatic carbocycles.